The first-order valence-electron chi connectivity index (χ1n) is 12.7. The molecule has 30 heavy (non-hydrogen) atoms. The summed E-state index contributed by atoms with van der Waals surface area (Å²) in [4.78, 5) is 11.9. The Bertz CT molecular complexity index is 365. The van der Waals surface area contributed by atoms with Gasteiger partial charge in [-0.3, -0.25) is 4.79 Å². The van der Waals surface area contributed by atoms with E-state index in [0.29, 0.717) is 6.42 Å². The zero-order valence-corrected chi connectivity index (χ0v) is 21.3. The second kappa shape index (κ2) is 23.3. The molecule has 0 spiro atoms. The summed E-state index contributed by atoms with van der Waals surface area (Å²) in [5.41, 5.74) is 0. The van der Waals surface area contributed by atoms with Gasteiger partial charge in [-0.05, 0) is 6.42 Å². The number of quaternary nitrogens is 1. The van der Waals surface area contributed by atoms with Gasteiger partial charge in [-0.1, -0.05) is 96.8 Å². The van der Waals surface area contributed by atoms with Crippen LogP contribution in [0.25, 0.3) is 0 Å². The lowest BCUT2D eigenvalue weighted by Gasteiger charge is -2.28. The van der Waals surface area contributed by atoms with Crippen LogP contribution >= 0.6 is 0 Å². The molecule has 0 aliphatic carbocycles. The molecular weight excluding hydrogens is 396 g/mol. The Hall–Kier alpha value is -0.320. The normalized spacial score (nSPS) is 11.3. The lowest BCUT2D eigenvalue weighted by molar-refractivity contribution is -0.890. The molecule has 0 saturated heterocycles. The van der Waals surface area contributed by atoms with E-state index in [4.69, 9.17) is 5.11 Å². The first kappa shape index (κ1) is 31.9. The third-order valence-electron chi connectivity index (χ3n) is 5.98. The maximum absolute atomic E-state index is 11.9. The molecule has 0 bridgehead atoms. The lowest BCUT2D eigenvalue weighted by Crippen LogP contribution is -3.00. The van der Waals surface area contributed by atoms with E-state index in [1.54, 1.807) is 0 Å². The zero-order valence-electron chi connectivity index (χ0n) is 20.5. The van der Waals surface area contributed by atoms with Crippen molar-refractivity contribution >= 4 is 5.91 Å². The van der Waals surface area contributed by atoms with Crippen molar-refractivity contribution in [3.63, 3.8) is 0 Å². The van der Waals surface area contributed by atoms with Gasteiger partial charge in [0.05, 0.1) is 27.2 Å². The zero-order chi connectivity index (χ0) is 21.6. The van der Waals surface area contributed by atoms with Crippen LogP contribution in [-0.2, 0) is 4.79 Å². The average Bonchev–Trinajstić information content (AvgIpc) is 2.68. The van der Waals surface area contributed by atoms with E-state index in [2.05, 4.69) is 26.3 Å². The molecule has 0 saturated carbocycles. The summed E-state index contributed by atoms with van der Waals surface area (Å²) in [6.45, 7) is 5.01. The summed E-state index contributed by atoms with van der Waals surface area (Å²) in [6.07, 6.45) is 22.0. The van der Waals surface area contributed by atoms with E-state index in [-0.39, 0.29) is 24.9 Å². The van der Waals surface area contributed by atoms with E-state index in [0.717, 1.165) is 37.0 Å². The van der Waals surface area contributed by atoms with E-state index in [1.165, 1.54) is 89.9 Å². The van der Waals surface area contributed by atoms with Gasteiger partial charge in [-0.25, -0.2) is 0 Å². The second-order valence-corrected chi connectivity index (χ2v) is 9.51. The Labute approximate surface area is 194 Å². The molecular formula is C25H53ClN2O2. The molecule has 0 aromatic rings. The van der Waals surface area contributed by atoms with E-state index < -0.39 is 0 Å². The third-order valence-corrected chi connectivity index (χ3v) is 5.98. The molecule has 0 fully saturated rings. The van der Waals surface area contributed by atoms with Crippen molar-refractivity contribution in [3.05, 3.63) is 0 Å². The fourth-order valence-electron chi connectivity index (χ4n) is 3.86. The fourth-order valence-corrected chi connectivity index (χ4v) is 3.86. The van der Waals surface area contributed by atoms with Gasteiger partial charge in [0, 0.05) is 19.4 Å². The number of nitrogens with zero attached hydrogens (tertiary/aromatic N) is 1. The maximum Gasteiger partial charge on any atom is 0.219 e. The van der Waals surface area contributed by atoms with Gasteiger partial charge in [0.15, 0.2) is 0 Å². The van der Waals surface area contributed by atoms with Crippen molar-refractivity contribution in [2.45, 2.75) is 116 Å². The number of halogens is 1. The van der Waals surface area contributed by atoms with Crippen LogP contribution in [0.3, 0.4) is 0 Å². The molecule has 2 N–H and O–H groups in total. The molecule has 0 aliphatic heterocycles. The SMILES string of the molecule is CCCCCCCCCCCCCCCCCC(=O)NCCC[N+](C)(C)CCO.[Cl-]. The first-order valence-corrected chi connectivity index (χ1v) is 12.7. The molecule has 0 heterocycles. The van der Waals surface area contributed by atoms with Crippen LogP contribution in [-0.4, -0.2) is 55.8 Å². The highest BCUT2D eigenvalue weighted by atomic mass is 35.5. The monoisotopic (exact) mass is 448 g/mol. The Kier molecular flexibility index (Phi) is 24.8. The topological polar surface area (TPSA) is 49.3 Å². The summed E-state index contributed by atoms with van der Waals surface area (Å²) in [5.74, 6) is 0.201. The molecule has 0 unspecified atom stereocenters. The van der Waals surface area contributed by atoms with Gasteiger partial charge in [-0.2, -0.15) is 0 Å². The number of carbonyl (C=O) groups is 1. The summed E-state index contributed by atoms with van der Waals surface area (Å²) in [5, 5.41) is 12.1. The minimum atomic E-state index is 0. The maximum atomic E-state index is 11.9. The van der Waals surface area contributed by atoms with E-state index in [1.807, 2.05) is 0 Å². The number of nitrogens with one attached hydrogen (secondary N) is 1. The van der Waals surface area contributed by atoms with Gasteiger partial charge in [-0.15, -0.1) is 0 Å². The van der Waals surface area contributed by atoms with Crippen LogP contribution < -0.4 is 17.7 Å². The number of hydrogen-bond donors (Lipinski definition) is 2. The van der Waals surface area contributed by atoms with Crippen LogP contribution in [0.5, 0.6) is 0 Å². The highest BCUT2D eigenvalue weighted by Gasteiger charge is 2.13. The molecule has 0 aliphatic rings. The predicted octanol–water partition coefficient (Wildman–Crippen LogP) is 2.83. The molecule has 4 nitrogen and oxygen atoms in total. The largest absolute Gasteiger partial charge is 1.00 e. The summed E-state index contributed by atoms with van der Waals surface area (Å²) in [6, 6.07) is 0. The highest BCUT2D eigenvalue weighted by Crippen LogP contribution is 2.13. The van der Waals surface area contributed by atoms with Gasteiger partial charge in [0.2, 0.25) is 5.91 Å². The third kappa shape index (κ3) is 24.0. The van der Waals surface area contributed by atoms with Crippen LogP contribution in [0.4, 0.5) is 0 Å². The number of likely N-dealkylation sites (N-methyl/N-ethyl adjacent to an activating group) is 1. The lowest BCUT2D eigenvalue weighted by atomic mass is 10.0. The molecule has 0 aromatic heterocycles. The summed E-state index contributed by atoms with van der Waals surface area (Å²) < 4.78 is 0.811. The molecule has 0 aromatic carbocycles. The van der Waals surface area contributed by atoms with Gasteiger partial charge < -0.3 is 27.3 Å². The smallest absolute Gasteiger partial charge is 0.219 e. The van der Waals surface area contributed by atoms with Crippen molar-refractivity contribution in [1.29, 1.82) is 0 Å². The van der Waals surface area contributed by atoms with Crippen molar-refractivity contribution in [3.8, 4) is 0 Å². The molecule has 182 valence electrons. The average molecular weight is 449 g/mol. The highest BCUT2D eigenvalue weighted by molar-refractivity contribution is 5.75. The Morgan fingerprint density at radius 3 is 1.57 bits per heavy atom. The number of unbranched alkanes of at least 4 members (excludes halogenated alkanes) is 14. The summed E-state index contributed by atoms with van der Waals surface area (Å²) in [7, 11) is 4.24. The quantitative estimate of drug-likeness (QED) is 0.197. The summed E-state index contributed by atoms with van der Waals surface area (Å²) >= 11 is 0. The fraction of sp³-hybridized carbons (Fsp3) is 0.960. The predicted molar refractivity (Wildman–Crippen MR) is 126 cm³/mol. The minimum absolute atomic E-state index is 0. The van der Waals surface area contributed by atoms with Crippen molar-refractivity contribution in [1.82, 2.24) is 5.32 Å². The van der Waals surface area contributed by atoms with Gasteiger partial charge in [0.1, 0.15) is 6.54 Å². The number of rotatable bonds is 22. The Morgan fingerprint density at radius 1 is 0.700 bits per heavy atom. The van der Waals surface area contributed by atoms with E-state index in [9.17, 15) is 4.79 Å². The van der Waals surface area contributed by atoms with Crippen LogP contribution in [0.1, 0.15) is 116 Å². The second-order valence-electron chi connectivity index (χ2n) is 9.51. The number of hydrogen-bond acceptors (Lipinski definition) is 2. The van der Waals surface area contributed by atoms with Crippen LogP contribution in [0, 0.1) is 0 Å². The number of aliphatic hydroxyl groups excluding tert-OH is 1. The molecule has 0 atom stereocenters. The standard InChI is InChI=1S/C25H52N2O2.ClH/c1-4-5-6-7-8-9-10-11-12-13-14-15-16-17-18-20-25(29)26-21-19-22-27(2,3)23-24-28;/h28H,4-24H2,1-3H3;1H. The van der Waals surface area contributed by atoms with Gasteiger partial charge in [0.25, 0.3) is 0 Å². The molecule has 5 heteroatoms. The molecule has 0 rings (SSSR count). The Morgan fingerprint density at radius 2 is 1.13 bits per heavy atom. The first-order chi connectivity index (χ1) is 14.0. The number of carbonyl (C=O) groups excluding carboxylic acids is 1. The van der Waals surface area contributed by atoms with Crippen LogP contribution in [0.2, 0.25) is 0 Å². The molecule has 1 amide bonds. The van der Waals surface area contributed by atoms with Crippen molar-refractivity contribution < 1.29 is 26.8 Å². The van der Waals surface area contributed by atoms with Crippen molar-refractivity contribution in [2.75, 3.05) is 40.3 Å². The van der Waals surface area contributed by atoms with E-state index >= 15 is 0 Å². The minimum Gasteiger partial charge on any atom is -1.00 e. The number of aliphatic hydroxyl groups is 1. The van der Waals surface area contributed by atoms with Gasteiger partial charge >= 0.3 is 0 Å². The molecule has 0 radical (unpaired) electrons. The van der Waals surface area contributed by atoms with Crippen molar-refractivity contribution in [2.24, 2.45) is 0 Å². The Balaban J connectivity index is 0. The van der Waals surface area contributed by atoms with Crippen LogP contribution in [0.15, 0.2) is 0 Å². The number of amides is 1.